The SMILES string of the molecule is COc1ccccc1[123I]. The number of hydrogen-bond acceptors (Lipinski definition) is 1. The molecule has 0 heterocycles. The van der Waals surface area contributed by atoms with E-state index in [4.69, 9.17) is 4.74 Å². The van der Waals surface area contributed by atoms with Gasteiger partial charge in [0.2, 0.25) is 0 Å². The fourth-order valence-electron chi connectivity index (χ4n) is 0.610. The Balaban J connectivity index is 3.01. The van der Waals surface area contributed by atoms with Gasteiger partial charge >= 0.3 is 0 Å². The average molecular weight is 230 g/mol. The Hall–Kier alpha value is -0.250. The summed E-state index contributed by atoms with van der Waals surface area (Å²) in [4.78, 5) is 0. The summed E-state index contributed by atoms with van der Waals surface area (Å²) >= 11 is 2.24. The van der Waals surface area contributed by atoms with Crippen LogP contribution >= 0.6 is 22.6 Å². The van der Waals surface area contributed by atoms with E-state index in [1.54, 1.807) is 7.11 Å². The fraction of sp³-hybridized carbons (Fsp3) is 0.143. The van der Waals surface area contributed by atoms with Gasteiger partial charge in [0.25, 0.3) is 0 Å². The van der Waals surface area contributed by atoms with E-state index < -0.39 is 0 Å². The summed E-state index contributed by atoms with van der Waals surface area (Å²) in [5.41, 5.74) is 0. The minimum Gasteiger partial charge on any atom is -0.496 e. The molecule has 0 aliphatic rings. The number of para-hydroxylation sites is 1. The molecule has 1 rings (SSSR count). The van der Waals surface area contributed by atoms with Crippen molar-refractivity contribution in [1.82, 2.24) is 0 Å². The van der Waals surface area contributed by atoms with Crippen LogP contribution in [0.5, 0.6) is 5.75 Å². The molecular formula is C7H7IO. The van der Waals surface area contributed by atoms with Gasteiger partial charge < -0.3 is 4.74 Å². The summed E-state index contributed by atoms with van der Waals surface area (Å²) in [6.07, 6.45) is 0. The summed E-state index contributed by atoms with van der Waals surface area (Å²) in [6.45, 7) is 0. The van der Waals surface area contributed by atoms with Crippen molar-refractivity contribution in [3.05, 3.63) is 27.8 Å². The van der Waals surface area contributed by atoms with Gasteiger partial charge in [0.05, 0.1) is 10.7 Å². The Morgan fingerprint density at radius 3 is 2.44 bits per heavy atom. The highest BCUT2D eigenvalue weighted by molar-refractivity contribution is 14.1. The quantitative estimate of drug-likeness (QED) is 0.672. The predicted octanol–water partition coefficient (Wildman–Crippen LogP) is 2.30. The summed E-state index contributed by atoms with van der Waals surface area (Å²) in [5.74, 6) is 0.943. The molecule has 0 saturated heterocycles. The Bertz CT molecular complexity index is 198. The third-order valence-corrected chi connectivity index (χ3v) is 1.95. The molecule has 1 aromatic carbocycles. The average Bonchev–Trinajstić information content (AvgIpc) is 1.89. The first-order valence-electron chi connectivity index (χ1n) is 2.63. The van der Waals surface area contributed by atoms with E-state index in [0.29, 0.717) is 0 Å². The van der Waals surface area contributed by atoms with Gasteiger partial charge in [-0.2, -0.15) is 0 Å². The van der Waals surface area contributed by atoms with Crippen molar-refractivity contribution in [2.75, 3.05) is 7.11 Å². The van der Waals surface area contributed by atoms with E-state index in [2.05, 4.69) is 22.6 Å². The van der Waals surface area contributed by atoms with Crippen molar-refractivity contribution in [3.63, 3.8) is 0 Å². The van der Waals surface area contributed by atoms with E-state index in [1.807, 2.05) is 24.3 Å². The summed E-state index contributed by atoms with van der Waals surface area (Å²) < 4.78 is 6.19. The first-order chi connectivity index (χ1) is 4.34. The zero-order chi connectivity index (χ0) is 6.69. The topological polar surface area (TPSA) is 9.23 Å². The van der Waals surface area contributed by atoms with Gasteiger partial charge in [0.15, 0.2) is 0 Å². The van der Waals surface area contributed by atoms with Crippen LogP contribution in [-0.2, 0) is 0 Å². The molecule has 2 heteroatoms. The number of benzene rings is 1. The molecule has 1 aromatic rings. The van der Waals surface area contributed by atoms with Gasteiger partial charge in [0.1, 0.15) is 5.75 Å². The maximum absolute atomic E-state index is 5.04. The van der Waals surface area contributed by atoms with Crippen LogP contribution in [0.1, 0.15) is 0 Å². The van der Waals surface area contributed by atoms with Gasteiger partial charge in [0, 0.05) is 0 Å². The number of rotatable bonds is 1. The smallest absolute Gasteiger partial charge is 0.132 e. The van der Waals surface area contributed by atoms with E-state index in [0.717, 1.165) is 9.32 Å². The highest BCUT2D eigenvalue weighted by atomic mass is 123. The first kappa shape index (κ1) is 6.86. The molecule has 0 aromatic heterocycles. The van der Waals surface area contributed by atoms with Crippen molar-refractivity contribution < 1.29 is 4.74 Å². The van der Waals surface area contributed by atoms with Crippen LogP contribution in [0.15, 0.2) is 24.3 Å². The molecule has 0 bridgehead atoms. The summed E-state index contributed by atoms with van der Waals surface area (Å²) in [6, 6.07) is 7.91. The second kappa shape index (κ2) is 3.06. The molecule has 0 radical (unpaired) electrons. The van der Waals surface area contributed by atoms with Gasteiger partial charge in [-0.25, -0.2) is 0 Å². The highest BCUT2D eigenvalue weighted by Crippen LogP contribution is 2.18. The predicted molar refractivity (Wildman–Crippen MR) is 45.7 cm³/mol. The van der Waals surface area contributed by atoms with Crippen molar-refractivity contribution >= 4 is 22.6 Å². The van der Waals surface area contributed by atoms with E-state index in [1.165, 1.54) is 0 Å². The standard InChI is InChI=1S/C7H7IO/c1-9-7-5-3-2-4-6(7)8/h2-5H,1H3/i8-4. The van der Waals surface area contributed by atoms with Crippen LogP contribution in [0.3, 0.4) is 0 Å². The minimum atomic E-state index is 0.943. The maximum atomic E-state index is 5.04. The Morgan fingerprint density at radius 1 is 1.33 bits per heavy atom. The van der Waals surface area contributed by atoms with E-state index >= 15 is 0 Å². The van der Waals surface area contributed by atoms with Crippen molar-refractivity contribution in [1.29, 1.82) is 0 Å². The van der Waals surface area contributed by atoms with Crippen LogP contribution in [0.25, 0.3) is 0 Å². The lowest BCUT2D eigenvalue weighted by Gasteiger charge is -1.99. The molecule has 0 saturated carbocycles. The zero-order valence-electron chi connectivity index (χ0n) is 5.10. The largest absolute Gasteiger partial charge is 0.496 e. The van der Waals surface area contributed by atoms with Crippen LogP contribution in [0, 0.1) is 3.57 Å². The van der Waals surface area contributed by atoms with E-state index in [9.17, 15) is 0 Å². The molecule has 0 aliphatic heterocycles. The van der Waals surface area contributed by atoms with Gasteiger partial charge in [-0.3, -0.25) is 0 Å². The third-order valence-electron chi connectivity index (χ3n) is 1.06. The second-order valence-corrected chi connectivity index (χ2v) is 2.80. The van der Waals surface area contributed by atoms with Crippen LogP contribution in [0.2, 0.25) is 0 Å². The molecule has 0 unspecified atom stereocenters. The van der Waals surface area contributed by atoms with Crippen molar-refractivity contribution in [2.45, 2.75) is 0 Å². The second-order valence-electron chi connectivity index (χ2n) is 1.63. The molecule has 1 nitrogen and oxygen atoms in total. The lowest BCUT2D eigenvalue weighted by molar-refractivity contribution is 0.412. The molecule has 9 heavy (non-hydrogen) atoms. The summed E-state index contributed by atoms with van der Waals surface area (Å²) in [7, 11) is 1.68. The molecule has 48 valence electrons. The maximum Gasteiger partial charge on any atom is 0.132 e. The zero-order valence-corrected chi connectivity index (χ0v) is 7.25. The molecule has 0 aliphatic carbocycles. The van der Waals surface area contributed by atoms with Crippen LogP contribution in [0.4, 0.5) is 0 Å². The molecular weight excluding hydrogens is 223 g/mol. The third kappa shape index (κ3) is 1.58. The van der Waals surface area contributed by atoms with Crippen LogP contribution < -0.4 is 4.74 Å². The number of halogens is 1. The number of ether oxygens (including phenoxy) is 1. The Morgan fingerprint density at radius 2 is 2.00 bits per heavy atom. The molecule has 0 fully saturated rings. The highest BCUT2D eigenvalue weighted by Gasteiger charge is 1.92. The van der Waals surface area contributed by atoms with Crippen molar-refractivity contribution in [3.8, 4) is 5.75 Å². The summed E-state index contributed by atoms with van der Waals surface area (Å²) in [5, 5.41) is 0. The van der Waals surface area contributed by atoms with Gasteiger partial charge in [-0.05, 0) is 34.7 Å². The lowest BCUT2D eigenvalue weighted by atomic mass is 10.3. The van der Waals surface area contributed by atoms with Gasteiger partial charge in [-0.15, -0.1) is 0 Å². The Labute approximate surface area is 68.2 Å². The number of hydrogen-bond donors (Lipinski definition) is 0. The van der Waals surface area contributed by atoms with Crippen LogP contribution in [-0.4, -0.2) is 7.11 Å². The Kier molecular flexibility index (Phi) is 2.33. The molecule has 0 atom stereocenters. The van der Waals surface area contributed by atoms with Gasteiger partial charge in [-0.1, -0.05) is 12.1 Å². The lowest BCUT2D eigenvalue weighted by Crippen LogP contribution is -1.83. The normalized spacial score (nSPS) is 9.11. The first-order valence-corrected chi connectivity index (χ1v) is 3.71. The number of methoxy groups -OCH3 is 1. The minimum absolute atomic E-state index is 0.943. The monoisotopic (exact) mass is 230 g/mol. The molecule has 0 spiro atoms. The molecule has 0 N–H and O–H groups in total. The molecule has 0 amide bonds. The fourth-order valence-corrected chi connectivity index (χ4v) is 1.22. The van der Waals surface area contributed by atoms with E-state index in [-0.39, 0.29) is 0 Å². The van der Waals surface area contributed by atoms with Crippen molar-refractivity contribution in [2.24, 2.45) is 0 Å².